The third kappa shape index (κ3) is 24.1. The van der Waals surface area contributed by atoms with Gasteiger partial charge in [0.05, 0.1) is 19.1 Å². The highest BCUT2D eigenvalue weighted by molar-refractivity contribution is 8.76. The molecule has 10 atom stereocenters. The highest BCUT2D eigenvalue weighted by Crippen LogP contribution is 2.25. The normalized spacial score (nSPS) is 23.1. The van der Waals surface area contributed by atoms with Crippen molar-refractivity contribution in [3.05, 3.63) is 95.7 Å². The molecule has 98 heavy (non-hydrogen) atoms. The molecule has 2 aliphatic rings. The topological polar surface area (TPSA) is 542 Å². The number of aromatic hydroxyl groups is 2. The van der Waals surface area contributed by atoms with E-state index in [4.69, 9.17) is 22.9 Å². The van der Waals surface area contributed by atoms with E-state index in [0.29, 0.717) is 53.5 Å². The van der Waals surface area contributed by atoms with Crippen molar-refractivity contribution in [2.24, 2.45) is 33.8 Å². The number of benzene rings is 3. The van der Waals surface area contributed by atoms with Gasteiger partial charge in [0.2, 0.25) is 65.0 Å². The lowest BCUT2D eigenvalue weighted by Gasteiger charge is -2.29. The molecule has 2 fully saturated rings. The minimum Gasteiger partial charge on any atom is -0.508 e. The summed E-state index contributed by atoms with van der Waals surface area (Å²) >= 11 is 0. The Morgan fingerprint density at radius 3 is 1.96 bits per heavy atom. The molecular formula is C63H87N17O16S2. The molecule has 2 aliphatic heterocycles. The van der Waals surface area contributed by atoms with E-state index in [9.17, 15) is 78.0 Å². The van der Waals surface area contributed by atoms with Gasteiger partial charge in [0, 0.05) is 80.5 Å². The van der Waals surface area contributed by atoms with Crippen LogP contribution in [0.2, 0.25) is 0 Å². The summed E-state index contributed by atoms with van der Waals surface area (Å²) in [6.07, 6.45) is 0.307. The zero-order valence-corrected chi connectivity index (χ0v) is 55.7. The van der Waals surface area contributed by atoms with Crippen molar-refractivity contribution in [1.82, 2.24) is 63.1 Å². The number of H-pyrrole nitrogens is 1. The minimum atomic E-state index is -1.85. The van der Waals surface area contributed by atoms with Crippen LogP contribution in [0, 0.1) is 5.92 Å². The molecule has 3 aromatic carbocycles. The Morgan fingerprint density at radius 2 is 1.32 bits per heavy atom. The summed E-state index contributed by atoms with van der Waals surface area (Å²) in [5, 5.41) is 67.0. The van der Waals surface area contributed by atoms with Gasteiger partial charge in [0.15, 0.2) is 5.96 Å². The number of aliphatic imine (C=N–C) groups is 1. The van der Waals surface area contributed by atoms with E-state index in [1.165, 1.54) is 48.5 Å². The van der Waals surface area contributed by atoms with Crippen molar-refractivity contribution in [3.63, 3.8) is 0 Å². The van der Waals surface area contributed by atoms with Crippen LogP contribution in [0.3, 0.4) is 0 Å². The van der Waals surface area contributed by atoms with E-state index in [1.807, 2.05) is 4.90 Å². The van der Waals surface area contributed by atoms with Crippen LogP contribution in [0.25, 0.3) is 10.9 Å². The number of carboxylic acids is 1. The number of amides is 11. The SMILES string of the molecule is CC(C)[C@@H]1NC(=O)[C@@H](NC(=O)[C@H](Cc2ccc(O)cc2)NC(=O)[C@@H]2CCCN2CCN)CSSC[C@@H](C(N)=O)NC(=O)[C@H](CO)NC(=O)[C@H](Cc2c[nH]c3ccccc23)NC(=O)[C@H](CC(=O)O)NC(=O)CCNC(=O)[C@H](CCCN=C(N)N)NC(=O)[C@H](Cc2ccc(O)cc2)NC1=O. The summed E-state index contributed by atoms with van der Waals surface area (Å²) in [6, 6.07) is 3.45. The molecule has 4 aromatic rings. The molecule has 2 saturated heterocycles. The van der Waals surface area contributed by atoms with Crippen molar-refractivity contribution >= 4 is 109 Å². The summed E-state index contributed by atoms with van der Waals surface area (Å²) < 4.78 is 0. The first kappa shape index (κ1) is 77.3. The predicted octanol–water partition coefficient (Wildman–Crippen LogP) is -4.04. The number of guanidine groups is 1. The number of likely N-dealkylation sites (tertiary alicyclic amines) is 1. The predicted molar refractivity (Wildman–Crippen MR) is 362 cm³/mol. The Morgan fingerprint density at radius 1 is 0.704 bits per heavy atom. The molecule has 0 unspecified atom stereocenters. The number of aliphatic hydroxyl groups is 1. The molecule has 11 amide bonds. The number of rotatable bonds is 21. The first-order valence-corrected chi connectivity index (χ1v) is 34.2. The monoisotopic (exact) mass is 1400 g/mol. The molecule has 35 heteroatoms. The van der Waals surface area contributed by atoms with Crippen LogP contribution < -0.4 is 76.1 Å². The third-order valence-corrected chi connectivity index (χ3v) is 18.4. The van der Waals surface area contributed by atoms with Crippen molar-refractivity contribution in [1.29, 1.82) is 0 Å². The molecule has 33 nitrogen and oxygen atoms in total. The van der Waals surface area contributed by atoms with Crippen molar-refractivity contribution < 1.29 is 78.0 Å². The van der Waals surface area contributed by atoms with Crippen LogP contribution in [-0.2, 0) is 76.8 Å². The lowest BCUT2D eigenvalue weighted by atomic mass is 10.00. The number of carboxylic acid groups (broad SMARTS) is 1. The van der Waals surface area contributed by atoms with Gasteiger partial charge in [-0.1, -0.05) is 77.9 Å². The maximum atomic E-state index is 14.9. The number of nitrogens with one attached hydrogen (secondary N) is 11. The van der Waals surface area contributed by atoms with Gasteiger partial charge in [-0.2, -0.15) is 0 Å². The fourth-order valence-corrected chi connectivity index (χ4v) is 13.1. The Bertz CT molecular complexity index is 3490. The largest absolute Gasteiger partial charge is 0.508 e. The number of hydrogen-bond acceptors (Lipinski definition) is 20. The number of aromatic nitrogens is 1. The summed E-state index contributed by atoms with van der Waals surface area (Å²) in [5.41, 5.74) is 24.8. The summed E-state index contributed by atoms with van der Waals surface area (Å²) in [7, 11) is 1.77. The number of primary amides is 1. The van der Waals surface area contributed by atoms with Crippen LogP contribution in [0.1, 0.15) is 69.1 Å². The van der Waals surface area contributed by atoms with Crippen LogP contribution in [0.4, 0.5) is 0 Å². The second-order valence-electron chi connectivity index (χ2n) is 23.8. The van der Waals surface area contributed by atoms with Crippen LogP contribution in [0.15, 0.2) is 84.0 Å². The van der Waals surface area contributed by atoms with Gasteiger partial charge < -0.3 is 102 Å². The Labute approximate surface area is 571 Å². The van der Waals surface area contributed by atoms with Gasteiger partial charge >= 0.3 is 5.97 Å². The van der Waals surface area contributed by atoms with Gasteiger partial charge in [-0.05, 0) is 85.2 Å². The highest BCUT2D eigenvalue weighted by Gasteiger charge is 2.38. The number of carbonyl (C=O) groups excluding carboxylic acids is 11. The zero-order chi connectivity index (χ0) is 71.6. The average molecular weight is 1400 g/mol. The van der Waals surface area contributed by atoms with E-state index in [1.54, 1.807) is 44.3 Å². The molecule has 0 spiro atoms. The second-order valence-corrected chi connectivity index (χ2v) is 26.4. The summed E-state index contributed by atoms with van der Waals surface area (Å²) in [5.74, 6) is -14.0. The number of carbonyl (C=O) groups is 12. The van der Waals surface area contributed by atoms with Gasteiger partial charge in [-0.3, -0.25) is 67.4 Å². The Balaban J connectivity index is 1.38. The maximum Gasteiger partial charge on any atom is 0.305 e. The number of nitrogens with zero attached hydrogens (tertiary/aromatic N) is 2. The summed E-state index contributed by atoms with van der Waals surface area (Å²) in [4.78, 5) is 178. The van der Waals surface area contributed by atoms with Crippen molar-refractivity contribution in [2.75, 3.05) is 50.8 Å². The molecule has 532 valence electrons. The lowest BCUT2D eigenvalue weighted by Crippen LogP contribution is -2.61. The first-order chi connectivity index (χ1) is 46.7. The number of aliphatic carboxylic acids is 1. The lowest BCUT2D eigenvalue weighted by molar-refractivity contribution is -0.141. The number of phenolic OH excluding ortho intramolecular Hbond substituents is 2. The van der Waals surface area contributed by atoms with E-state index in [2.05, 4.69) is 63.1 Å². The third-order valence-electron chi connectivity index (χ3n) is 16.0. The van der Waals surface area contributed by atoms with Crippen LogP contribution in [-0.4, -0.2) is 218 Å². The molecule has 0 bridgehead atoms. The maximum absolute atomic E-state index is 14.9. The molecule has 0 radical (unpaired) electrons. The smallest absolute Gasteiger partial charge is 0.305 e. The molecule has 6 rings (SSSR count). The number of para-hydroxylation sites is 1. The van der Waals surface area contributed by atoms with E-state index in [-0.39, 0.29) is 74.2 Å². The average Bonchev–Trinajstić information content (AvgIpc) is 1.59. The number of nitrogens with two attached hydrogens (primary N) is 4. The van der Waals surface area contributed by atoms with E-state index in [0.717, 1.165) is 21.6 Å². The van der Waals surface area contributed by atoms with Gasteiger partial charge in [-0.15, -0.1) is 0 Å². The molecule has 1 aromatic heterocycles. The number of phenols is 2. The van der Waals surface area contributed by atoms with Gasteiger partial charge in [-0.25, -0.2) is 0 Å². The van der Waals surface area contributed by atoms with E-state index >= 15 is 0 Å². The van der Waals surface area contributed by atoms with Crippen LogP contribution in [0.5, 0.6) is 11.5 Å². The molecular weight excluding hydrogens is 1310 g/mol. The van der Waals surface area contributed by atoms with Crippen molar-refractivity contribution in [3.8, 4) is 11.5 Å². The molecule has 0 aliphatic carbocycles. The highest BCUT2D eigenvalue weighted by atomic mass is 33.1. The minimum absolute atomic E-state index is 0.0167. The van der Waals surface area contributed by atoms with E-state index < -0.39 is 163 Å². The Hall–Kier alpha value is -9.71. The number of aliphatic hydroxyl groups excluding tert-OH is 1. The number of aromatic amines is 1. The van der Waals surface area contributed by atoms with Gasteiger partial charge in [0.25, 0.3) is 0 Å². The fourth-order valence-electron chi connectivity index (χ4n) is 10.8. The number of hydrogen-bond donors (Lipinski definition) is 19. The molecule has 23 N–H and O–H groups in total. The molecule has 0 saturated carbocycles. The zero-order valence-electron chi connectivity index (χ0n) is 54.1. The second kappa shape index (κ2) is 38.3. The number of fused-ring (bicyclic) bond motifs is 1. The van der Waals surface area contributed by atoms with Crippen LogP contribution >= 0.6 is 21.6 Å². The molecule has 3 heterocycles. The summed E-state index contributed by atoms with van der Waals surface area (Å²) in [6.45, 7) is 2.82. The Kier molecular flexibility index (Phi) is 30.2. The van der Waals surface area contributed by atoms with Crippen molar-refractivity contribution in [2.45, 2.75) is 132 Å². The fraction of sp³-hybridized carbons (Fsp3) is 0.476. The van der Waals surface area contributed by atoms with Gasteiger partial charge in [0.1, 0.15) is 65.9 Å². The quantitative estimate of drug-likeness (QED) is 0.0163. The first-order valence-electron chi connectivity index (χ1n) is 31.7. The standard InChI is InChI=1S/C63H87N17O16S2/c1-33(2)52-62(96)75-43(26-35-13-17-38(83)18-14-35)55(89)72-41(9-5-21-69-63(66)67)54(88)68-22-19-50(84)71-45(28-51(85)86)58(92)73-44(27-36-29-70-40-8-4-3-7-39(36)40)57(91)76-46(30-81)59(93)77-47(53(65)87)31-97-98-32-48(60(94)79-52)78-56(90)42(25-34-11-15-37(82)16-12-34)74-61(95)49-10-6-23-80(49)24-20-64/h3-4,7-8,11-18,29,33,41-49,52,70,81-83H,5-6,9-10,19-28,30-32,64H2,1-2H3,(H2,65,87)(H,68,88)(H,71,84)(H,72,89)(H,73,92)(H,74,95)(H,75,96)(H,76,91)(H,77,93)(H,78,90)(H,79,94)(H,85,86)(H4,66,67,69)/t41-,42-,43-,44-,45-,46-,47-,48-,49-,52-/m0/s1.